The van der Waals surface area contributed by atoms with Gasteiger partial charge in [-0.3, -0.25) is 0 Å². The fourth-order valence-electron chi connectivity index (χ4n) is 1.78. The van der Waals surface area contributed by atoms with E-state index in [1.807, 2.05) is 27.0 Å². The first-order valence-electron chi connectivity index (χ1n) is 6.62. The van der Waals surface area contributed by atoms with Crippen molar-refractivity contribution in [3.05, 3.63) is 11.9 Å². The van der Waals surface area contributed by atoms with Crippen LogP contribution in [0.25, 0.3) is 0 Å². The summed E-state index contributed by atoms with van der Waals surface area (Å²) in [6.07, 6.45) is 2.65. The van der Waals surface area contributed by atoms with E-state index in [9.17, 15) is 0 Å². The first-order chi connectivity index (χ1) is 8.69. The van der Waals surface area contributed by atoms with Gasteiger partial charge < -0.3 is 15.0 Å². The largest absolute Gasteiger partial charge is 0.478 e. The van der Waals surface area contributed by atoms with E-state index in [2.05, 4.69) is 20.2 Å². The van der Waals surface area contributed by atoms with Gasteiger partial charge in [0.05, 0.1) is 6.61 Å². The molecule has 0 atom stereocenters. The van der Waals surface area contributed by atoms with Crippen molar-refractivity contribution in [2.75, 3.05) is 31.6 Å². The summed E-state index contributed by atoms with van der Waals surface area (Å²) in [4.78, 5) is 10.8. The predicted octanol–water partition coefficient (Wildman–Crippen LogP) is 1.37. The van der Waals surface area contributed by atoms with E-state index in [1.165, 1.54) is 12.8 Å². The van der Waals surface area contributed by atoms with Crippen LogP contribution in [-0.4, -0.2) is 42.8 Å². The fourth-order valence-corrected chi connectivity index (χ4v) is 1.78. The predicted molar refractivity (Wildman–Crippen MR) is 72.2 cm³/mol. The first kappa shape index (κ1) is 13.1. The van der Waals surface area contributed by atoms with E-state index < -0.39 is 0 Å². The van der Waals surface area contributed by atoms with E-state index in [1.54, 1.807) is 0 Å². The Morgan fingerprint density at radius 1 is 1.44 bits per heavy atom. The maximum atomic E-state index is 5.44. The summed E-state index contributed by atoms with van der Waals surface area (Å²) >= 11 is 0. The molecule has 0 amide bonds. The Morgan fingerprint density at radius 3 is 2.89 bits per heavy atom. The molecule has 0 unspecified atom stereocenters. The Balaban J connectivity index is 1.92. The van der Waals surface area contributed by atoms with Crippen LogP contribution in [0.1, 0.15) is 25.6 Å². The number of aromatic nitrogens is 2. The molecule has 1 aliphatic carbocycles. The van der Waals surface area contributed by atoms with Crippen molar-refractivity contribution in [3.8, 4) is 5.88 Å². The quantitative estimate of drug-likeness (QED) is 0.792. The maximum Gasteiger partial charge on any atom is 0.218 e. The normalized spacial score (nSPS) is 14.6. The number of hydrogen-bond donors (Lipinski definition) is 1. The molecule has 5 nitrogen and oxygen atoms in total. The zero-order valence-corrected chi connectivity index (χ0v) is 11.4. The zero-order valence-electron chi connectivity index (χ0n) is 11.4. The van der Waals surface area contributed by atoms with Crippen molar-refractivity contribution < 1.29 is 4.74 Å². The van der Waals surface area contributed by atoms with Crippen molar-refractivity contribution in [3.63, 3.8) is 0 Å². The Kier molecular flexibility index (Phi) is 4.36. The third kappa shape index (κ3) is 3.84. The number of aryl methyl sites for hydroxylation is 1. The maximum absolute atomic E-state index is 5.44. The van der Waals surface area contributed by atoms with Crippen LogP contribution in [0.2, 0.25) is 0 Å². The third-order valence-electron chi connectivity index (χ3n) is 2.94. The molecule has 0 bridgehead atoms. The Hall–Kier alpha value is -1.36. The van der Waals surface area contributed by atoms with E-state index >= 15 is 0 Å². The smallest absolute Gasteiger partial charge is 0.218 e. The summed E-state index contributed by atoms with van der Waals surface area (Å²) in [6.45, 7) is 6.41. The molecule has 1 aromatic rings. The van der Waals surface area contributed by atoms with Crippen LogP contribution in [-0.2, 0) is 0 Å². The number of hydrogen-bond acceptors (Lipinski definition) is 5. The molecule has 1 heterocycles. The van der Waals surface area contributed by atoms with Gasteiger partial charge >= 0.3 is 0 Å². The minimum Gasteiger partial charge on any atom is -0.478 e. The van der Waals surface area contributed by atoms with Crippen LogP contribution in [0.4, 0.5) is 5.82 Å². The summed E-state index contributed by atoms with van der Waals surface area (Å²) in [5.74, 6) is 2.32. The molecule has 0 radical (unpaired) electrons. The highest BCUT2D eigenvalue weighted by molar-refractivity contribution is 5.40. The summed E-state index contributed by atoms with van der Waals surface area (Å²) in [5, 5.41) is 3.50. The standard InChI is InChI=1S/C13H22N4O/c1-4-18-13-9-12(15-10(2)16-13)17(3)8-7-14-11-5-6-11/h9,11,14H,4-8H2,1-3H3. The van der Waals surface area contributed by atoms with E-state index in [-0.39, 0.29) is 0 Å². The summed E-state index contributed by atoms with van der Waals surface area (Å²) in [5.41, 5.74) is 0. The second-order valence-corrected chi connectivity index (χ2v) is 4.69. The summed E-state index contributed by atoms with van der Waals surface area (Å²) in [6, 6.07) is 2.65. The molecule has 100 valence electrons. The van der Waals surface area contributed by atoms with Gasteiger partial charge in [0.25, 0.3) is 0 Å². The van der Waals surface area contributed by atoms with E-state index in [4.69, 9.17) is 4.74 Å². The Bertz CT molecular complexity index is 393. The molecule has 18 heavy (non-hydrogen) atoms. The minimum atomic E-state index is 0.628. The third-order valence-corrected chi connectivity index (χ3v) is 2.94. The number of ether oxygens (including phenoxy) is 1. The molecular formula is C13H22N4O. The number of rotatable bonds is 7. The summed E-state index contributed by atoms with van der Waals surface area (Å²) < 4.78 is 5.44. The number of nitrogens with one attached hydrogen (secondary N) is 1. The van der Waals surface area contributed by atoms with E-state index in [0.717, 1.165) is 30.8 Å². The highest BCUT2D eigenvalue weighted by Crippen LogP contribution is 2.19. The van der Waals surface area contributed by atoms with Gasteiger partial charge in [0.1, 0.15) is 11.6 Å². The molecule has 1 N–H and O–H groups in total. The molecule has 1 aliphatic rings. The zero-order chi connectivity index (χ0) is 13.0. The monoisotopic (exact) mass is 250 g/mol. The molecule has 2 rings (SSSR count). The minimum absolute atomic E-state index is 0.628. The lowest BCUT2D eigenvalue weighted by Crippen LogP contribution is -2.30. The average Bonchev–Trinajstić information content (AvgIpc) is 3.12. The van der Waals surface area contributed by atoms with Gasteiger partial charge in [-0.05, 0) is 26.7 Å². The van der Waals surface area contributed by atoms with Crippen molar-refractivity contribution in [2.24, 2.45) is 0 Å². The molecule has 0 saturated heterocycles. The van der Waals surface area contributed by atoms with Crippen LogP contribution in [0.3, 0.4) is 0 Å². The van der Waals surface area contributed by atoms with Gasteiger partial charge in [-0.25, -0.2) is 4.98 Å². The highest BCUT2D eigenvalue weighted by Gasteiger charge is 2.20. The van der Waals surface area contributed by atoms with Crippen LogP contribution in [0, 0.1) is 6.92 Å². The van der Waals surface area contributed by atoms with Gasteiger partial charge in [0, 0.05) is 32.2 Å². The highest BCUT2D eigenvalue weighted by atomic mass is 16.5. The average molecular weight is 250 g/mol. The Labute approximate surface area is 109 Å². The second-order valence-electron chi connectivity index (χ2n) is 4.69. The number of nitrogens with zero attached hydrogens (tertiary/aromatic N) is 3. The van der Waals surface area contributed by atoms with E-state index in [0.29, 0.717) is 12.5 Å². The van der Waals surface area contributed by atoms with Gasteiger partial charge in [-0.15, -0.1) is 0 Å². The fraction of sp³-hybridized carbons (Fsp3) is 0.692. The van der Waals surface area contributed by atoms with Crippen LogP contribution in [0.5, 0.6) is 5.88 Å². The molecule has 0 spiro atoms. The molecular weight excluding hydrogens is 228 g/mol. The molecule has 5 heteroatoms. The number of likely N-dealkylation sites (N-methyl/N-ethyl adjacent to an activating group) is 1. The van der Waals surface area contributed by atoms with Crippen LogP contribution < -0.4 is 15.0 Å². The van der Waals surface area contributed by atoms with Gasteiger partial charge in [0.2, 0.25) is 5.88 Å². The van der Waals surface area contributed by atoms with Crippen LogP contribution in [0.15, 0.2) is 6.07 Å². The van der Waals surface area contributed by atoms with Crippen molar-refractivity contribution in [1.82, 2.24) is 15.3 Å². The lowest BCUT2D eigenvalue weighted by Gasteiger charge is -2.19. The molecule has 1 aromatic heterocycles. The molecule has 1 saturated carbocycles. The topological polar surface area (TPSA) is 50.3 Å². The van der Waals surface area contributed by atoms with Crippen molar-refractivity contribution in [1.29, 1.82) is 0 Å². The van der Waals surface area contributed by atoms with Gasteiger partial charge in [-0.1, -0.05) is 0 Å². The van der Waals surface area contributed by atoms with Gasteiger partial charge in [0.15, 0.2) is 0 Å². The van der Waals surface area contributed by atoms with Crippen molar-refractivity contribution >= 4 is 5.82 Å². The lowest BCUT2D eigenvalue weighted by atomic mass is 10.4. The van der Waals surface area contributed by atoms with Crippen LogP contribution >= 0.6 is 0 Å². The number of anilines is 1. The lowest BCUT2D eigenvalue weighted by molar-refractivity contribution is 0.325. The second kappa shape index (κ2) is 6.00. The van der Waals surface area contributed by atoms with Gasteiger partial charge in [-0.2, -0.15) is 4.98 Å². The molecule has 0 aliphatic heterocycles. The Morgan fingerprint density at radius 2 is 2.22 bits per heavy atom. The SMILES string of the molecule is CCOc1cc(N(C)CCNC2CC2)nc(C)n1. The molecule has 0 aromatic carbocycles. The summed E-state index contributed by atoms with van der Waals surface area (Å²) in [7, 11) is 2.05. The molecule has 1 fully saturated rings. The first-order valence-corrected chi connectivity index (χ1v) is 6.62. The van der Waals surface area contributed by atoms with Crippen molar-refractivity contribution in [2.45, 2.75) is 32.7 Å².